The van der Waals surface area contributed by atoms with Gasteiger partial charge in [-0.05, 0) is 30.9 Å². The molecule has 8 nitrogen and oxygen atoms in total. The Hall–Kier alpha value is -2.16. The summed E-state index contributed by atoms with van der Waals surface area (Å²) >= 11 is 0. The molecule has 0 spiro atoms. The Kier molecular flexibility index (Phi) is 6.35. The smallest absolute Gasteiger partial charge is 0.293 e. The summed E-state index contributed by atoms with van der Waals surface area (Å²) in [7, 11) is -3.51. The van der Waals surface area contributed by atoms with Crippen molar-refractivity contribution in [1.82, 2.24) is 5.32 Å². The first kappa shape index (κ1) is 19.2. The lowest BCUT2D eigenvalue weighted by atomic mass is 10.0. The fourth-order valence-electron chi connectivity index (χ4n) is 2.99. The zero-order valence-corrected chi connectivity index (χ0v) is 15.0. The van der Waals surface area contributed by atoms with Crippen molar-refractivity contribution in [2.45, 2.75) is 37.0 Å². The highest BCUT2D eigenvalue weighted by molar-refractivity contribution is 7.90. The Labute approximate surface area is 147 Å². The lowest BCUT2D eigenvalue weighted by Gasteiger charge is -2.11. The van der Waals surface area contributed by atoms with Crippen molar-refractivity contribution in [2.24, 2.45) is 5.92 Å². The van der Waals surface area contributed by atoms with Gasteiger partial charge in [0.2, 0.25) is 5.91 Å². The number of nitro benzene ring substituents is 1. The highest BCUT2D eigenvalue weighted by Crippen LogP contribution is 2.28. The number of amides is 1. The van der Waals surface area contributed by atoms with Crippen molar-refractivity contribution < 1.29 is 18.1 Å². The number of anilines is 1. The Morgan fingerprint density at radius 3 is 2.56 bits per heavy atom. The molecule has 1 aromatic rings. The number of carbonyl (C=O) groups is 1. The summed E-state index contributed by atoms with van der Waals surface area (Å²) in [6.45, 7) is 0.659. The lowest BCUT2D eigenvalue weighted by Crippen LogP contribution is -2.29. The Bertz CT molecular complexity index is 742. The van der Waals surface area contributed by atoms with Gasteiger partial charge in [0.05, 0.1) is 9.82 Å². The minimum Gasteiger partial charge on any atom is -0.378 e. The number of rotatable bonds is 8. The van der Waals surface area contributed by atoms with Crippen LogP contribution < -0.4 is 10.6 Å². The van der Waals surface area contributed by atoms with Gasteiger partial charge in [-0.3, -0.25) is 14.9 Å². The molecule has 1 aliphatic carbocycles. The van der Waals surface area contributed by atoms with Crippen molar-refractivity contribution in [3.8, 4) is 0 Å². The normalized spacial score (nSPS) is 15.1. The van der Waals surface area contributed by atoms with E-state index in [1.54, 1.807) is 0 Å². The summed E-state index contributed by atoms with van der Waals surface area (Å²) in [5.74, 6) is 0.466. The van der Waals surface area contributed by atoms with Gasteiger partial charge in [0.1, 0.15) is 5.69 Å². The Morgan fingerprint density at radius 2 is 1.96 bits per heavy atom. The van der Waals surface area contributed by atoms with Gasteiger partial charge in [0.15, 0.2) is 9.84 Å². The molecule has 1 aliphatic rings. The van der Waals surface area contributed by atoms with E-state index >= 15 is 0 Å². The van der Waals surface area contributed by atoms with Crippen LogP contribution >= 0.6 is 0 Å². The molecule has 2 N–H and O–H groups in total. The molecule has 2 rings (SSSR count). The van der Waals surface area contributed by atoms with E-state index in [0.29, 0.717) is 25.4 Å². The third kappa shape index (κ3) is 5.70. The molecule has 0 atom stereocenters. The van der Waals surface area contributed by atoms with E-state index in [1.807, 2.05) is 0 Å². The molecule has 0 aromatic heterocycles. The predicted molar refractivity (Wildman–Crippen MR) is 94.3 cm³/mol. The van der Waals surface area contributed by atoms with Gasteiger partial charge in [0, 0.05) is 31.8 Å². The van der Waals surface area contributed by atoms with Crippen LogP contribution in [0.3, 0.4) is 0 Å². The lowest BCUT2D eigenvalue weighted by molar-refractivity contribution is -0.384. The highest BCUT2D eigenvalue weighted by Gasteiger charge is 2.19. The van der Waals surface area contributed by atoms with Crippen molar-refractivity contribution in [3.05, 3.63) is 28.3 Å². The van der Waals surface area contributed by atoms with Crippen LogP contribution in [-0.4, -0.2) is 38.6 Å². The van der Waals surface area contributed by atoms with E-state index in [1.165, 1.54) is 25.0 Å². The van der Waals surface area contributed by atoms with E-state index in [4.69, 9.17) is 0 Å². The Balaban J connectivity index is 1.87. The van der Waals surface area contributed by atoms with E-state index in [9.17, 15) is 23.3 Å². The molecule has 0 unspecified atom stereocenters. The number of benzene rings is 1. The molecule has 1 fully saturated rings. The first-order chi connectivity index (χ1) is 11.8. The van der Waals surface area contributed by atoms with E-state index in [2.05, 4.69) is 10.6 Å². The fourth-order valence-corrected chi connectivity index (χ4v) is 3.63. The van der Waals surface area contributed by atoms with Gasteiger partial charge in [-0.2, -0.15) is 0 Å². The van der Waals surface area contributed by atoms with Gasteiger partial charge >= 0.3 is 0 Å². The second kappa shape index (κ2) is 8.28. The quantitative estimate of drug-likeness (QED) is 0.411. The largest absolute Gasteiger partial charge is 0.378 e. The number of sulfone groups is 1. The maximum Gasteiger partial charge on any atom is 0.293 e. The third-order valence-electron chi connectivity index (χ3n) is 4.31. The number of nitro groups is 1. The van der Waals surface area contributed by atoms with Gasteiger partial charge in [-0.1, -0.05) is 12.8 Å². The molecule has 0 saturated heterocycles. The van der Waals surface area contributed by atoms with Gasteiger partial charge in [-0.25, -0.2) is 8.42 Å². The first-order valence-corrected chi connectivity index (χ1v) is 10.2. The molecule has 9 heteroatoms. The average molecular weight is 369 g/mol. The van der Waals surface area contributed by atoms with E-state index in [-0.39, 0.29) is 22.2 Å². The van der Waals surface area contributed by atoms with Crippen molar-refractivity contribution in [3.63, 3.8) is 0 Å². The molecule has 0 heterocycles. The second-order valence-corrected chi connectivity index (χ2v) is 8.36. The molecular formula is C16H23N3O5S. The van der Waals surface area contributed by atoms with Crippen molar-refractivity contribution in [1.29, 1.82) is 0 Å². The standard InChI is InChI=1S/C16H23N3O5S/c1-25(23,24)13-6-7-14(15(11-13)19(21)22)17-8-9-18-16(20)10-12-4-2-3-5-12/h6-7,11-12,17H,2-5,8-10H2,1H3,(H,18,20). The average Bonchev–Trinajstić information content (AvgIpc) is 3.03. The summed E-state index contributed by atoms with van der Waals surface area (Å²) in [6, 6.07) is 3.73. The maximum atomic E-state index is 11.8. The van der Waals surface area contributed by atoms with Crippen LogP contribution in [0.1, 0.15) is 32.1 Å². The predicted octanol–water partition coefficient (Wildman–Crippen LogP) is 2.11. The molecule has 1 aromatic carbocycles. The molecular weight excluding hydrogens is 346 g/mol. The SMILES string of the molecule is CS(=O)(=O)c1ccc(NCCNC(=O)CC2CCCC2)c([N+](=O)[O-])c1. The van der Waals surface area contributed by atoms with Crippen LogP contribution in [0.4, 0.5) is 11.4 Å². The zero-order chi connectivity index (χ0) is 18.4. The summed E-state index contributed by atoms with van der Waals surface area (Å²) in [4.78, 5) is 22.2. The monoisotopic (exact) mass is 369 g/mol. The minimum absolute atomic E-state index is 0.00405. The molecule has 0 bridgehead atoms. The third-order valence-corrected chi connectivity index (χ3v) is 5.42. The van der Waals surface area contributed by atoms with Crippen LogP contribution in [0.5, 0.6) is 0 Å². The van der Waals surface area contributed by atoms with Crippen LogP contribution in [0, 0.1) is 16.0 Å². The van der Waals surface area contributed by atoms with E-state index < -0.39 is 14.8 Å². The number of nitrogens with one attached hydrogen (secondary N) is 2. The summed E-state index contributed by atoms with van der Waals surface area (Å²) in [5, 5.41) is 16.8. The maximum absolute atomic E-state index is 11.8. The second-order valence-electron chi connectivity index (χ2n) is 6.34. The van der Waals surface area contributed by atoms with Crippen LogP contribution in [0.2, 0.25) is 0 Å². The molecule has 0 radical (unpaired) electrons. The summed E-state index contributed by atoms with van der Waals surface area (Å²) in [5.41, 5.74) is -0.0809. The van der Waals surface area contributed by atoms with Crippen LogP contribution in [0.15, 0.2) is 23.1 Å². The molecule has 138 valence electrons. The fraction of sp³-hybridized carbons (Fsp3) is 0.562. The Morgan fingerprint density at radius 1 is 1.28 bits per heavy atom. The van der Waals surface area contributed by atoms with Gasteiger partial charge < -0.3 is 10.6 Å². The van der Waals surface area contributed by atoms with Crippen molar-refractivity contribution >= 4 is 27.1 Å². The van der Waals surface area contributed by atoms with Gasteiger partial charge in [0.25, 0.3) is 5.69 Å². The summed E-state index contributed by atoms with van der Waals surface area (Å²) in [6.07, 6.45) is 6.11. The molecule has 25 heavy (non-hydrogen) atoms. The van der Waals surface area contributed by atoms with E-state index in [0.717, 1.165) is 25.2 Å². The molecule has 1 amide bonds. The first-order valence-electron chi connectivity index (χ1n) is 8.26. The number of hydrogen-bond acceptors (Lipinski definition) is 6. The van der Waals surface area contributed by atoms with Crippen LogP contribution in [0.25, 0.3) is 0 Å². The molecule has 1 saturated carbocycles. The van der Waals surface area contributed by atoms with Crippen molar-refractivity contribution in [2.75, 3.05) is 24.7 Å². The topological polar surface area (TPSA) is 118 Å². The number of hydrogen-bond donors (Lipinski definition) is 2. The highest BCUT2D eigenvalue weighted by atomic mass is 32.2. The number of carbonyl (C=O) groups excluding carboxylic acids is 1. The van der Waals surface area contributed by atoms with Gasteiger partial charge in [-0.15, -0.1) is 0 Å². The van der Waals surface area contributed by atoms with Crippen LogP contribution in [-0.2, 0) is 14.6 Å². The zero-order valence-electron chi connectivity index (χ0n) is 14.2. The minimum atomic E-state index is -3.51. The molecule has 0 aliphatic heterocycles. The number of nitrogens with zero attached hydrogens (tertiary/aromatic N) is 1. The summed E-state index contributed by atoms with van der Waals surface area (Å²) < 4.78 is 23.0.